The van der Waals surface area contributed by atoms with E-state index in [0.717, 1.165) is 0 Å². The van der Waals surface area contributed by atoms with E-state index >= 15 is 0 Å². The highest BCUT2D eigenvalue weighted by Gasteiger charge is 2.21. The lowest BCUT2D eigenvalue weighted by Crippen LogP contribution is -2.35. The molecule has 1 atom stereocenters. The Labute approximate surface area is 177 Å². The zero-order valence-electron chi connectivity index (χ0n) is 16.6. The number of fused-ring (bicyclic) bond motifs is 2. The van der Waals surface area contributed by atoms with Crippen LogP contribution >= 0.6 is 0 Å². The van der Waals surface area contributed by atoms with Crippen molar-refractivity contribution in [1.29, 1.82) is 0 Å². The van der Waals surface area contributed by atoms with E-state index < -0.39 is 30.4 Å². The van der Waals surface area contributed by atoms with Gasteiger partial charge in [0.15, 0.2) is 29.1 Å². The number of hydrogen-bond donors (Lipinski definition) is 2. The van der Waals surface area contributed by atoms with Gasteiger partial charge >= 0.3 is 5.97 Å². The SMILES string of the molecule is C[C@@H](OC(=O)CNC(=O)c1ccc2c(c1)OCO2)C(=O)Nc1ccc2c(c1)OCCO2. The van der Waals surface area contributed by atoms with E-state index in [9.17, 15) is 14.4 Å². The van der Waals surface area contributed by atoms with Crippen LogP contribution in [0.15, 0.2) is 36.4 Å². The highest BCUT2D eigenvalue weighted by molar-refractivity contribution is 5.98. The first-order chi connectivity index (χ1) is 15.0. The highest BCUT2D eigenvalue weighted by atomic mass is 16.7. The van der Waals surface area contributed by atoms with Gasteiger partial charge in [-0.15, -0.1) is 0 Å². The number of amides is 2. The molecule has 0 aromatic heterocycles. The van der Waals surface area contributed by atoms with Crippen molar-refractivity contribution in [3.05, 3.63) is 42.0 Å². The van der Waals surface area contributed by atoms with Gasteiger partial charge in [-0.25, -0.2) is 0 Å². The lowest BCUT2D eigenvalue weighted by molar-refractivity contribution is -0.152. The number of nitrogens with one attached hydrogen (secondary N) is 2. The fourth-order valence-corrected chi connectivity index (χ4v) is 2.95. The van der Waals surface area contributed by atoms with Gasteiger partial charge in [0.05, 0.1) is 0 Å². The first-order valence-electron chi connectivity index (χ1n) is 9.57. The third-order valence-corrected chi connectivity index (χ3v) is 4.52. The molecule has 10 heteroatoms. The number of benzene rings is 2. The van der Waals surface area contributed by atoms with Crippen LogP contribution in [0, 0.1) is 0 Å². The van der Waals surface area contributed by atoms with Crippen LogP contribution in [0.4, 0.5) is 5.69 Å². The molecular weight excluding hydrogens is 408 g/mol. The molecule has 162 valence electrons. The van der Waals surface area contributed by atoms with Crippen LogP contribution in [0.25, 0.3) is 0 Å². The zero-order valence-corrected chi connectivity index (χ0v) is 16.6. The van der Waals surface area contributed by atoms with Gasteiger partial charge < -0.3 is 34.3 Å². The molecule has 2 heterocycles. The van der Waals surface area contributed by atoms with Crippen molar-refractivity contribution in [1.82, 2.24) is 5.32 Å². The second-order valence-electron chi connectivity index (χ2n) is 6.73. The summed E-state index contributed by atoms with van der Waals surface area (Å²) in [6, 6.07) is 9.66. The smallest absolute Gasteiger partial charge is 0.326 e. The number of esters is 1. The predicted molar refractivity (Wildman–Crippen MR) is 107 cm³/mol. The van der Waals surface area contributed by atoms with Crippen molar-refractivity contribution in [3.8, 4) is 23.0 Å². The van der Waals surface area contributed by atoms with Gasteiger partial charge in [0, 0.05) is 17.3 Å². The minimum atomic E-state index is -1.07. The van der Waals surface area contributed by atoms with Crippen LogP contribution in [-0.2, 0) is 14.3 Å². The fraction of sp³-hybridized carbons (Fsp3) is 0.286. The third-order valence-electron chi connectivity index (χ3n) is 4.52. The quantitative estimate of drug-likeness (QED) is 0.664. The molecule has 0 saturated heterocycles. The Kier molecular flexibility index (Phi) is 5.78. The summed E-state index contributed by atoms with van der Waals surface area (Å²) in [5, 5.41) is 5.09. The molecule has 0 fully saturated rings. The molecule has 10 nitrogen and oxygen atoms in total. The molecule has 0 unspecified atom stereocenters. The molecular formula is C21H20N2O8. The van der Waals surface area contributed by atoms with Crippen molar-refractivity contribution < 1.29 is 38.1 Å². The molecule has 31 heavy (non-hydrogen) atoms. The maximum Gasteiger partial charge on any atom is 0.326 e. The summed E-state index contributed by atoms with van der Waals surface area (Å²) in [4.78, 5) is 36.5. The maximum atomic E-state index is 12.3. The summed E-state index contributed by atoms with van der Waals surface area (Å²) < 4.78 is 26.4. The Morgan fingerprint density at radius 1 is 0.935 bits per heavy atom. The Bertz CT molecular complexity index is 1020. The van der Waals surface area contributed by atoms with Crippen molar-refractivity contribution in [2.24, 2.45) is 0 Å². The molecule has 2 aliphatic heterocycles. The van der Waals surface area contributed by atoms with Gasteiger partial charge in [0.1, 0.15) is 19.8 Å². The number of anilines is 1. The fourth-order valence-electron chi connectivity index (χ4n) is 2.95. The van der Waals surface area contributed by atoms with Crippen LogP contribution in [0.2, 0.25) is 0 Å². The van der Waals surface area contributed by atoms with Crippen LogP contribution in [0.3, 0.4) is 0 Å². The molecule has 0 aliphatic carbocycles. The Morgan fingerprint density at radius 3 is 2.45 bits per heavy atom. The lowest BCUT2D eigenvalue weighted by atomic mass is 10.2. The monoisotopic (exact) mass is 428 g/mol. The summed E-state index contributed by atoms with van der Waals surface area (Å²) >= 11 is 0. The van der Waals surface area contributed by atoms with E-state index in [4.69, 9.17) is 23.7 Å². The van der Waals surface area contributed by atoms with Gasteiger partial charge in [-0.05, 0) is 37.3 Å². The van der Waals surface area contributed by atoms with Crippen molar-refractivity contribution in [3.63, 3.8) is 0 Å². The standard InChI is InChI=1S/C21H20N2O8/c1-12(20(25)23-14-3-5-15-18(9-14)28-7-6-27-15)31-19(24)10-22-21(26)13-2-4-16-17(8-13)30-11-29-16/h2-5,8-9,12H,6-7,10-11H2,1H3,(H,22,26)(H,23,25)/t12-/m1/s1. The van der Waals surface area contributed by atoms with Gasteiger partial charge in [-0.2, -0.15) is 0 Å². The van der Waals surface area contributed by atoms with E-state index in [1.165, 1.54) is 13.0 Å². The van der Waals surface area contributed by atoms with Crippen LogP contribution in [0.1, 0.15) is 17.3 Å². The predicted octanol–water partition coefficient (Wildman–Crippen LogP) is 1.49. The van der Waals surface area contributed by atoms with Crippen LogP contribution in [-0.4, -0.2) is 50.4 Å². The Morgan fingerprint density at radius 2 is 1.61 bits per heavy atom. The van der Waals surface area contributed by atoms with Gasteiger partial charge in [-0.1, -0.05) is 0 Å². The summed E-state index contributed by atoms with van der Waals surface area (Å²) in [7, 11) is 0. The molecule has 0 saturated carbocycles. The zero-order chi connectivity index (χ0) is 21.8. The van der Waals surface area contributed by atoms with Crippen LogP contribution < -0.4 is 29.6 Å². The maximum absolute atomic E-state index is 12.3. The molecule has 0 bridgehead atoms. The molecule has 2 aromatic rings. The molecule has 2 N–H and O–H groups in total. The molecule has 2 aromatic carbocycles. The minimum absolute atomic E-state index is 0.0962. The number of rotatable bonds is 6. The van der Waals surface area contributed by atoms with E-state index in [1.807, 2.05) is 0 Å². The van der Waals surface area contributed by atoms with E-state index in [0.29, 0.717) is 47.5 Å². The molecule has 2 aliphatic rings. The number of ether oxygens (including phenoxy) is 5. The van der Waals surface area contributed by atoms with Crippen molar-refractivity contribution >= 4 is 23.5 Å². The van der Waals surface area contributed by atoms with E-state index in [1.54, 1.807) is 30.3 Å². The third kappa shape index (κ3) is 4.80. The van der Waals surface area contributed by atoms with E-state index in [2.05, 4.69) is 10.6 Å². The largest absolute Gasteiger partial charge is 0.486 e. The minimum Gasteiger partial charge on any atom is -0.486 e. The summed E-state index contributed by atoms with van der Waals surface area (Å²) in [5.41, 5.74) is 0.787. The van der Waals surface area contributed by atoms with Gasteiger partial charge in [0.25, 0.3) is 11.8 Å². The average Bonchev–Trinajstić information content (AvgIpc) is 3.25. The second kappa shape index (κ2) is 8.82. The summed E-state index contributed by atoms with van der Waals surface area (Å²) in [5.74, 6) is 0.380. The molecule has 2 amide bonds. The van der Waals surface area contributed by atoms with Crippen molar-refractivity contribution in [2.45, 2.75) is 13.0 Å². The van der Waals surface area contributed by atoms with E-state index in [-0.39, 0.29) is 6.79 Å². The Hall–Kier alpha value is -3.95. The first-order valence-corrected chi connectivity index (χ1v) is 9.57. The Balaban J connectivity index is 1.25. The molecule has 0 spiro atoms. The summed E-state index contributed by atoms with van der Waals surface area (Å²) in [6.45, 7) is 2.03. The summed E-state index contributed by atoms with van der Waals surface area (Å²) in [6.07, 6.45) is -1.07. The number of carbonyl (C=O) groups excluding carboxylic acids is 3. The highest BCUT2D eigenvalue weighted by Crippen LogP contribution is 2.33. The number of carbonyl (C=O) groups is 3. The van der Waals surface area contributed by atoms with Gasteiger partial charge in [-0.3, -0.25) is 14.4 Å². The normalized spacial score (nSPS) is 14.4. The molecule has 4 rings (SSSR count). The second-order valence-corrected chi connectivity index (χ2v) is 6.73. The topological polar surface area (TPSA) is 121 Å². The molecule has 0 radical (unpaired) electrons. The number of hydrogen-bond acceptors (Lipinski definition) is 8. The average molecular weight is 428 g/mol. The van der Waals surface area contributed by atoms with Crippen molar-refractivity contribution in [2.75, 3.05) is 31.9 Å². The first kappa shape index (κ1) is 20.3. The van der Waals surface area contributed by atoms with Crippen LogP contribution in [0.5, 0.6) is 23.0 Å². The lowest BCUT2D eigenvalue weighted by Gasteiger charge is -2.19. The van der Waals surface area contributed by atoms with Gasteiger partial charge in [0.2, 0.25) is 6.79 Å².